The summed E-state index contributed by atoms with van der Waals surface area (Å²) in [5, 5.41) is 3.00. The molecule has 3 heteroatoms. The molecule has 0 aromatic heterocycles. The number of hydrogen-bond acceptors (Lipinski definition) is 3. The third kappa shape index (κ3) is 2.76. The third-order valence-electron chi connectivity index (χ3n) is 3.92. The first-order valence-electron chi connectivity index (χ1n) is 6.51. The van der Waals surface area contributed by atoms with Crippen LogP contribution in [0.2, 0.25) is 0 Å². The molecule has 2 fully saturated rings. The van der Waals surface area contributed by atoms with Crippen molar-refractivity contribution in [3.63, 3.8) is 0 Å². The van der Waals surface area contributed by atoms with E-state index in [1.807, 2.05) is 0 Å². The van der Waals surface area contributed by atoms with Crippen molar-refractivity contribution in [3.05, 3.63) is 0 Å². The van der Waals surface area contributed by atoms with Crippen LogP contribution in [-0.2, 0) is 9.53 Å². The van der Waals surface area contributed by atoms with Gasteiger partial charge in [-0.1, -0.05) is 27.2 Å². The monoisotopic (exact) mass is 225 g/mol. The van der Waals surface area contributed by atoms with Crippen LogP contribution in [0, 0.1) is 17.8 Å². The number of esters is 1. The van der Waals surface area contributed by atoms with Crippen molar-refractivity contribution in [2.24, 2.45) is 17.8 Å². The zero-order valence-electron chi connectivity index (χ0n) is 10.5. The number of carbonyl (C=O) groups is 1. The molecule has 1 aliphatic heterocycles. The van der Waals surface area contributed by atoms with Crippen LogP contribution in [0.15, 0.2) is 0 Å². The zero-order chi connectivity index (χ0) is 11.7. The van der Waals surface area contributed by atoms with Crippen molar-refractivity contribution in [2.45, 2.75) is 52.2 Å². The summed E-state index contributed by atoms with van der Waals surface area (Å²) in [6.07, 6.45) is 3.67. The van der Waals surface area contributed by atoms with Gasteiger partial charge in [0.15, 0.2) is 0 Å². The van der Waals surface area contributed by atoms with Gasteiger partial charge in [0.25, 0.3) is 0 Å². The van der Waals surface area contributed by atoms with Gasteiger partial charge in [-0.3, -0.25) is 4.79 Å². The first-order chi connectivity index (χ1) is 7.58. The highest BCUT2D eigenvalue weighted by atomic mass is 16.5. The minimum absolute atomic E-state index is 0.00922. The SMILES string of the molecule is CC1CCC(C(C)C)C(OC(=O)[C@@H]2CN2)C1. The summed E-state index contributed by atoms with van der Waals surface area (Å²) >= 11 is 0. The van der Waals surface area contributed by atoms with Crippen molar-refractivity contribution < 1.29 is 9.53 Å². The van der Waals surface area contributed by atoms with Crippen molar-refractivity contribution in [1.29, 1.82) is 0 Å². The van der Waals surface area contributed by atoms with Gasteiger partial charge in [0, 0.05) is 6.54 Å². The highest BCUT2D eigenvalue weighted by Gasteiger charge is 2.37. The molecule has 92 valence electrons. The number of carbonyl (C=O) groups excluding carboxylic acids is 1. The minimum Gasteiger partial charge on any atom is -0.461 e. The predicted octanol–water partition coefficient (Wildman–Crippen LogP) is 1.96. The maximum Gasteiger partial charge on any atom is 0.324 e. The Bertz CT molecular complexity index is 261. The van der Waals surface area contributed by atoms with E-state index in [2.05, 4.69) is 26.1 Å². The summed E-state index contributed by atoms with van der Waals surface area (Å²) in [6, 6.07) is -0.00922. The maximum atomic E-state index is 11.7. The molecule has 2 aliphatic rings. The lowest BCUT2D eigenvalue weighted by Crippen LogP contribution is -2.37. The van der Waals surface area contributed by atoms with Gasteiger partial charge >= 0.3 is 5.97 Å². The molecule has 0 aromatic rings. The van der Waals surface area contributed by atoms with Gasteiger partial charge in [-0.2, -0.15) is 0 Å². The molecule has 3 unspecified atom stereocenters. The summed E-state index contributed by atoms with van der Waals surface area (Å²) in [5.41, 5.74) is 0. The second-order valence-electron chi connectivity index (χ2n) is 5.76. The highest BCUT2D eigenvalue weighted by molar-refractivity contribution is 5.79. The topological polar surface area (TPSA) is 48.2 Å². The molecule has 1 saturated heterocycles. The second kappa shape index (κ2) is 4.74. The average molecular weight is 225 g/mol. The first kappa shape index (κ1) is 11.9. The van der Waals surface area contributed by atoms with Gasteiger partial charge in [-0.05, 0) is 30.6 Å². The van der Waals surface area contributed by atoms with E-state index in [0.29, 0.717) is 17.8 Å². The number of rotatable bonds is 3. The Morgan fingerprint density at radius 3 is 2.62 bits per heavy atom. The lowest BCUT2D eigenvalue weighted by molar-refractivity contribution is -0.155. The molecule has 0 bridgehead atoms. The highest BCUT2D eigenvalue weighted by Crippen LogP contribution is 2.35. The summed E-state index contributed by atoms with van der Waals surface area (Å²) < 4.78 is 5.66. The average Bonchev–Trinajstić information content (AvgIpc) is 2.99. The molecule has 2 rings (SSSR count). The normalized spacial score (nSPS) is 38.5. The Morgan fingerprint density at radius 1 is 1.38 bits per heavy atom. The standard InChI is InChI=1S/C13H23NO2/c1-8(2)10-5-4-9(3)6-12(10)16-13(15)11-7-14-11/h8-12,14H,4-7H2,1-3H3/t9?,10?,11-,12?/m0/s1. The fourth-order valence-corrected chi connectivity index (χ4v) is 2.71. The second-order valence-corrected chi connectivity index (χ2v) is 5.76. The van der Waals surface area contributed by atoms with E-state index in [4.69, 9.17) is 4.74 Å². The Kier molecular flexibility index (Phi) is 3.53. The van der Waals surface area contributed by atoms with Crippen LogP contribution in [0.25, 0.3) is 0 Å². The van der Waals surface area contributed by atoms with E-state index in [1.54, 1.807) is 0 Å². The van der Waals surface area contributed by atoms with Crippen molar-refractivity contribution in [1.82, 2.24) is 5.32 Å². The molecule has 1 heterocycles. The van der Waals surface area contributed by atoms with Crippen LogP contribution in [0.5, 0.6) is 0 Å². The van der Waals surface area contributed by atoms with E-state index in [-0.39, 0.29) is 18.1 Å². The van der Waals surface area contributed by atoms with Gasteiger partial charge in [-0.25, -0.2) is 0 Å². The predicted molar refractivity (Wildman–Crippen MR) is 63.0 cm³/mol. The summed E-state index contributed by atoms with van der Waals surface area (Å²) in [6.45, 7) is 7.52. The Morgan fingerprint density at radius 2 is 2.06 bits per heavy atom. The van der Waals surface area contributed by atoms with Gasteiger partial charge in [0.05, 0.1) is 0 Å². The van der Waals surface area contributed by atoms with E-state index in [9.17, 15) is 4.79 Å². The number of hydrogen-bond donors (Lipinski definition) is 1. The molecule has 1 saturated carbocycles. The van der Waals surface area contributed by atoms with Crippen molar-refractivity contribution >= 4 is 5.97 Å². The maximum absolute atomic E-state index is 11.7. The Labute approximate surface area is 97.9 Å². The molecule has 0 aromatic carbocycles. The third-order valence-corrected chi connectivity index (χ3v) is 3.92. The zero-order valence-corrected chi connectivity index (χ0v) is 10.5. The van der Waals surface area contributed by atoms with Crippen LogP contribution in [0.4, 0.5) is 0 Å². The molecular formula is C13H23NO2. The molecule has 3 nitrogen and oxygen atoms in total. The fourth-order valence-electron chi connectivity index (χ4n) is 2.71. The summed E-state index contributed by atoms with van der Waals surface area (Å²) in [4.78, 5) is 11.7. The molecule has 0 spiro atoms. The van der Waals surface area contributed by atoms with Gasteiger partial charge < -0.3 is 10.1 Å². The smallest absolute Gasteiger partial charge is 0.324 e. The van der Waals surface area contributed by atoms with E-state index in [0.717, 1.165) is 13.0 Å². The molecule has 4 atom stereocenters. The van der Waals surface area contributed by atoms with Crippen LogP contribution >= 0.6 is 0 Å². The molecule has 1 N–H and O–H groups in total. The quantitative estimate of drug-likeness (QED) is 0.590. The van der Waals surface area contributed by atoms with Gasteiger partial charge in [0.1, 0.15) is 12.1 Å². The number of nitrogens with one attached hydrogen (secondary N) is 1. The largest absolute Gasteiger partial charge is 0.461 e. The molecule has 0 radical (unpaired) electrons. The summed E-state index contributed by atoms with van der Waals surface area (Å²) in [7, 11) is 0. The Hall–Kier alpha value is -0.570. The van der Waals surface area contributed by atoms with Crippen LogP contribution < -0.4 is 5.32 Å². The molecule has 16 heavy (non-hydrogen) atoms. The minimum atomic E-state index is -0.0373. The van der Waals surface area contributed by atoms with E-state index < -0.39 is 0 Å². The first-order valence-corrected chi connectivity index (χ1v) is 6.51. The summed E-state index contributed by atoms with van der Waals surface area (Å²) in [5.74, 6) is 1.82. The molecule has 1 aliphatic carbocycles. The van der Waals surface area contributed by atoms with E-state index >= 15 is 0 Å². The van der Waals surface area contributed by atoms with Crippen LogP contribution in [0.3, 0.4) is 0 Å². The van der Waals surface area contributed by atoms with Crippen molar-refractivity contribution in [3.8, 4) is 0 Å². The van der Waals surface area contributed by atoms with Crippen LogP contribution in [-0.4, -0.2) is 24.7 Å². The van der Waals surface area contributed by atoms with E-state index in [1.165, 1.54) is 12.8 Å². The fraction of sp³-hybridized carbons (Fsp3) is 0.923. The molecular weight excluding hydrogens is 202 g/mol. The van der Waals surface area contributed by atoms with Gasteiger partial charge in [0.2, 0.25) is 0 Å². The van der Waals surface area contributed by atoms with Gasteiger partial charge in [-0.15, -0.1) is 0 Å². The lowest BCUT2D eigenvalue weighted by atomic mass is 9.75. The molecule has 0 amide bonds. The lowest BCUT2D eigenvalue weighted by Gasteiger charge is -2.36. The van der Waals surface area contributed by atoms with Crippen molar-refractivity contribution in [2.75, 3.05) is 6.54 Å². The van der Waals surface area contributed by atoms with Crippen LogP contribution in [0.1, 0.15) is 40.0 Å². The number of ether oxygens (including phenoxy) is 1. The Balaban J connectivity index is 1.93.